The quantitative estimate of drug-likeness (QED) is 0.710. The van der Waals surface area contributed by atoms with Crippen LogP contribution in [0.25, 0.3) is 0 Å². The molecular weight excluding hydrogens is 356 g/mol. The van der Waals surface area contributed by atoms with E-state index in [1.165, 1.54) is 24.0 Å². The zero-order valence-corrected chi connectivity index (χ0v) is 16.2. The smallest absolute Gasteiger partial charge is 0.258 e. The number of rotatable bonds is 4. The number of anilines is 2. The van der Waals surface area contributed by atoms with E-state index in [9.17, 15) is 9.59 Å². The maximum absolute atomic E-state index is 12.5. The molecule has 0 fully saturated rings. The van der Waals surface area contributed by atoms with Crippen LogP contribution in [0.1, 0.15) is 52.8 Å². The normalized spacial score (nSPS) is 11.1. The third kappa shape index (κ3) is 4.62. The van der Waals surface area contributed by atoms with Gasteiger partial charge in [-0.1, -0.05) is 38.1 Å². The first kappa shape index (κ1) is 19.3. The van der Waals surface area contributed by atoms with E-state index in [2.05, 4.69) is 41.5 Å². The van der Waals surface area contributed by atoms with Gasteiger partial charge in [-0.15, -0.1) is 0 Å². The summed E-state index contributed by atoms with van der Waals surface area (Å²) in [6.45, 7) is 8.11. The van der Waals surface area contributed by atoms with Crippen LogP contribution in [-0.2, 0) is 5.41 Å². The zero-order valence-electron chi connectivity index (χ0n) is 16.2. The average Bonchev–Trinajstić information content (AvgIpc) is 3.06. The average molecular weight is 378 g/mol. The number of benzene rings is 1. The van der Waals surface area contributed by atoms with Crippen LogP contribution < -0.4 is 10.6 Å². The second-order valence-corrected chi connectivity index (χ2v) is 7.52. The van der Waals surface area contributed by atoms with Crippen LogP contribution in [-0.4, -0.2) is 22.0 Å². The van der Waals surface area contributed by atoms with Crippen LogP contribution in [0.3, 0.4) is 0 Å². The Morgan fingerprint density at radius 2 is 1.54 bits per heavy atom. The predicted octanol–water partition coefficient (Wildman–Crippen LogP) is 4.18. The van der Waals surface area contributed by atoms with Crippen molar-refractivity contribution in [1.29, 1.82) is 0 Å². The Morgan fingerprint density at radius 3 is 2.07 bits per heavy atom. The van der Waals surface area contributed by atoms with Gasteiger partial charge in [-0.3, -0.25) is 14.6 Å². The molecule has 3 rings (SSSR count). The summed E-state index contributed by atoms with van der Waals surface area (Å²) in [6, 6.07) is 10.8. The monoisotopic (exact) mass is 378 g/mol. The lowest BCUT2D eigenvalue weighted by molar-refractivity contribution is 0.102. The maximum Gasteiger partial charge on any atom is 0.258 e. The summed E-state index contributed by atoms with van der Waals surface area (Å²) in [5.74, 6) is 0.114. The van der Waals surface area contributed by atoms with Crippen LogP contribution in [0, 0.1) is 6.92 Å². The van der Waals surface area contributed by atoms with E-state index in [1.807, 2.05) is 24.3 Å². The number of carbonyl (C=O) groups excluding carboxylic acids is 2. The van der Waals surface area contributed by atoms with Gasteiger partial charge in [-0.25, -0.2) is 0 Å². The molecule has 0 radical (unpaired) electrons. The largest absolute Gasteiger partial charge is 0.360 e. The van der Waals surface area contributed by atoms with Crippen molar-refractivity contribution < 1.29 is 14.1 Å². The molecule has 0 saturated carbocycles. The minimum absolute atomic E-state index is 0.0382. The molecular formula is C21H22N4O3. The summed E-state index contributed by atoms with van der Waals surface area (Å²) in [5, 5.41) is 9.13. The Balaban J connectivity index is 1.70. The summed E-state index contributed by atoms with van der Waals surface area (Å²) >= 11 is 0. The summed E-state index contributed by atoms with van der Waals surface area (Å²) in [5.41, 5.74) is 2.41. The number of hydrogen-bond acceptors (Lipinski definition) is 5. The number of aromatic nitrogens is 2. The van der Waals surface area contributed by atoms with Gasteiger partial charge in [0.25, 0.3) is 11.8 Å². The van der Waals surface area contributed by atoms with E-state index < -0.39 is 5.91 Å². The lowest BCUT2D eigenvalue weighted by atomic mass is 9.87. The highest BCUT2D eigenvalue weighted by atomic mass is 16.5. The number of hydrogen-bond donors (Lipinski definition) is 2. The van der Waals surface area contributed by atoms with Crippen LogP contribution in [0.4, 0.5) is 11.5 Å². The van der Waals surface area contributed by atoms with Crippen LogP contribution in [0.15, 0.2) is 53.3 Å². The molecule has 0 atom stereocenters. The van der Waals surface area contributed by atoms with E-state index in [0.29, 0.717) is 17.3 Å². The number of aryl methyl sites for hydroxylation is 1. The SMILES string of the molecule is Cc1cc(NC(=O)c2cncc(C(=O)Nc3ccc(C(C)(C)C)cc3)c2)no1. The highest BCUT2D eigenvalue weighted by molar-refractivity contribution is 6.08. The van der Waals surface area contributed by atoms with Crippen LogP contribution in [0.5, 0.6) is 0 Å². The van der Waals surface area contributed by atoms with Gasteiger partial charge in [-0.05, 0) is 36.1 Å². The van der Waals surface area contributed by atoms with Gasteiger partial charge < -0.3 is 15.2 Å². The van der Waals surface area contributed by atoms with E-state index in [4.69, 9.17) is 4.52 Å². The Labute approximate surface area is 163 Å². The van der Waals surface area contributed by atoms with Gasteiger partial charge in [-0.2, -0.15) is 0 Å². The Bertz CT molecular complexity index is 1000. The molecule has 7 nitrogen and oxygen atoms in total. The summed E-state index contributed by atoms with van der Waals surface area (Å²) < 4.78 is 4.91. The molecule has 0 aliphatic rings. The van der Waals surface area contributed by atoms with Crippen molar-refractivity contribution in [2.45, 2.75) is 33.1 Å². The van der Waals surface area contributed by atoms with Gasteiger partial charge in [0, 0.05) is 24.1 Å². The summed E-state index contributed by atoms with van der Waals surface area (Å²) in [4.78, 5) is 28.8. The van der Waals surface area contributed by atoms with Crippen molar-refractivity contribution in [3.63, 3.8) is 0 Å². The minimum atomic E-state index is -0.426. The molecule has 2 heterocycles. The summed E-state index contributed by atoms with van der Waals surface area (Å²) in [6.07, 6.45) is 2.80. The van der Waals surface area contributed by atoms with Crippen molar-refractivity contribution in [2.24, 2.45) is 0 Å². The van der Waals surface area contributed by atoms with Gasteiger partial charge in [0.1, 0.15) is 5.76 Å². The molecule has 1 aromatic carbocycles. The fourth-order valence-corrected chi connectivity index (χ4v) is 2.56. The topological polar surface area (TPSA) is 97.1 Å². The van der Waals surface area contributed by atoms with Crippen molar-refractivity contribution >= 4 is 23.3 Å². The van der Waals surface area contributed by atoms with Gasteiger partial charge >= 0.3 is 0 Å². The lowest BCUT2D eigenvalue weighted by Crippen LogP contribution is -2.16. The fraction of sp³-hybridized carbons (Fsp3) is 0.238. The molecule has 2 amide bonds. The zero-order chi connectivity index (χ0) is 20.3. The molecule has 7 heteroatoms. The summed E-state index contributed by atoms with van der Waals surface area (Å²) in [7, 11) is 0. The molecule has 0 aliphatic carbocycles. The van der Waals surface area contributed by atoms with Crippen molar-refractivity contribution in [3.8, 4) is 0 Å². The highest BCUT2D eigenvalue weighted by Gasteiger charge is 2.15. The van der Waals surface area contributed by atoms with Crippen molar-refractivity contribution in [2.75, 3.05) is 10.6 Å². The molecule has 0 bridgehead atoms. The predicted molar refractivity (Wildman–Crippen MR) is 107 cm³/mol. The molecule has 144 valence electrons. The standard InChI is InChI=1S/C21H22N4O3/c1-13-9-18(25-28-13)24-20(27)15-10-14(11-22-12-15)19(26)23-17-7-5-16(6-8-17)21(2,3)4/h5-12H,1-4H3,(H,23,26)(H,24,25,27). The molecule has 28 heavy (non-hydrogen) atoms. The van der Waals surface area contributed by atoms with E-state index in [-0.39, 0.29) is 22.4 Å². The Morgan fingerprint density at radius 1 is 0.929 bits per heavy atom. The highest BCUT2D eigenvalue weighted by Crippen LogP contribution is 2.23. The maximum atomic E-state index is 12.5. The van der Waals surface area contributed by atoms with Crippen molar-refractivity contribution in [3.05, 3.63) is 71.2 Å². The third-order valence-electron chi connectivity index (χ3n) is 4.14. The fourth-order valence-electron chi connectivity index (χ4n) is 2.56. The number of pyridine rings is 1. The first-order chi connectivity index (χ1) is 13.2. The molecule has 0 aliphatic heterocycles. The first-order valence-electron chi connectivity index (χ1n) is 8.84. The van der Waals surface area contributed by atoms with E-state index >= 15 is 0 Å². The van der Waals surface area contributed by atoms with Crippen molar-refractivity contribution in [1.82, 2.24) is 10.1 Å². The van der Waals surface area contributed by atoms with Gasteiger partial charge in [0.15, 0.2) is 5.82 Å². The molecule has 0 unspecified atom stereocenters. The first-order valence-corrected chi connectivity index (χ1v) is 8.84. The number of carbonyl (C=O) groups is 2. The Kier molecular flexibility index (Phi) is 5.26. The third-order valence-corrected chi connectivity index (χ3v) is 4.14. The Hall–Kier alpha value is -3.48. The van der Waals surface area contributed by atoms with Crippen LogP contribution >= 0.6 is 0 Å². The van der Waals surface area contributed by atoms with E-state index in [1.54, 1.807) is 13.0 Å². The molecule has 3 aromatic rings. The van der Waals surface area contributed by atoms with E-state index in [0.717, 1.165) is 0 Å². The number of nitrogens with one attached hydrogen (secondary N) is 2. The molecule has 0 spiro atoms. The van der Waals surface area contributed by atoms with Gasteiger partial charge in [0.2, 0.25) is 0 Å². The second-order valence-electron chi connectivity index (χ2n) is 7.52. The minimum Gasteiger partial charge on any atom is -0.360 e. The molecule has 2 aromatic heterocycles. The molecule has 2 N–H and O–H groups in total. The number of nitrogens with zero attached hydrogens (tertiary/aromatic N) is 2. The number of amides is 2. The molecule has 0 saturated heterocycles. The van der Waals surface area contributed by atoms with Crippen LogP contribution in [0.2, 0.25) is 0 Å². The van der Waals surface area contributed by atoms with Gasteiger partial charge in [0.05, 0.1) is 11.1 Å². The lowest BCUT2D eigenvalue weighted by Gasteiger charge is -2.19. The second kappa shape index (κ2) is 7.64.